The van der Waals surface area contributed by atoms with Crippen LogP contribution in [0.5, 0.6) is 5.75 Å². The van der Waals surface area contributed by atoms with E-state index in [1.165, 1.54) is 0 Å². The van der Waals surface area contributed by atoms with Gasteiger partial charge in [0.2, 0.25) is 0 Å². The van der Waals surface area contributed by atoms with Crippen LogP contribution in [0.25, 0.3) is 0 Å². The van der Waals surface area contributed by atoms with Crippen LogP contribution in [0.3, 0.4) is 0 Å². The lowest BCUT2D eigenvalue weighted by Gasteiger charge is -2.28. The summed E-state index contributed by atoms with van der Waals surface area (Å²) in [5.41, 5.74) is 0.146. The molecule has 0 atom stereocenters. The molecule has 2 N–H and O–H groups in total. The van der Waals surface area contributed by atoms with Crippen molar-refractivity contribution < 1.29 is 32.2 Å². The van der Waals surface area contributed by atoms with Gasteiger partial charge in [0, 0.05) is 12.1 Å². The third-order valence-corrected chi connectivity index (χ3v) is 3.77. The molecular weight excluding hydrogens is 318 g/mol. The molecule has 4 nitrogen and oxygen atoms in total. The second-order valence-electron chi connectivity index (χ2n) is 5.58. The number of carboxylic acid groups (broad SMARTS) is 1. The molecule has 0 spiro atoms. The number of carboxylic acids is 1. The largest absolute Gasteiger partial charge is 0.482 e. The zero-order chi connectivity index (χ0) is 17.0. The fourth-order valence-electron chi connectivity index (χ4n) is 2.61. The van der Waals surface area contributed by atoms with Crippen molar-refractivity contribution in [3.8, 4) is 5.75 Å². The Balaban J connectivity index is 2.01. The molecule has 1 aromatic rings. The van der Waals surface area contributed by atoms with Gasteiger partial charge in [0.15, 0.2) is 6.61 Å². The van der Waals surface area contributed by atoms with Gasteiger partial charge in [-0.3, -0.25) is 4.79 Å². The molecule has 1 saturated carbocycles. The molecule has 0 saturated heterocycles. The van der Waals surface area contributed by atoms with Crippen LogP contribution in [0.1, 0.15) is 25.7 Å². The Bertz CT molecular complexity index is 554. The van der Waals surface area contributed by atoms with Crippen LogP contribution < -0.4 is 10.1 Å². The summed E-state index contributed by atoms with van der Waals surface area (Å²) in [6, 6.07) is 3.13. The highest BCUT2D eigenvalue weighted by atomic mass is 19.4. The van der Waals surface area contributed by atoms with Gasteiger partial charge < -0.3 is 15.2 Å². The molecule has 0 unspecified atom stereocenters. The highest BCUT2D eigenvalue weighted by Gasteiger charge is 2.30. The van der Waals surface area contributed by atoms with E-state index < -0.39 is 30.5 Å². The number of aliphatic carboxylic acids is 1. The van der Waals surface area contributed by atoms with Gasteiger partial charge in [-0.25, -0.2) is 4.39 Å². The van der Waals surface area contributed by atoms with E-state index in [-0.39, 0.29) is 17.5 Å². The Morgan fingerprint density at radius 3 is 2.48 bits per heavy atom. The third kappa shape index (κ3) is 5.30. The normalized spacial score (nSPS) is 21.7. The van der Waals surface area contributed by atoms with Gasteiger partial charge in [-0.05, 0) is 37.8 Å². The monoisotopic (exact) mass is 335 g/mol. The summed E-state index contributed by atoms with van der Waals surface area (Å²) in [5.74, 6) is -1.92. The average Bonchev–Trinajstić information content (AvgIpc) is 2.46. The molecule has 0 amide bonds. The minimum Gasteiger partial charge on any atom is -0.482 e. The summed E-state index contributed by atoms with van der Waals surface area (Å²) < 4.78 is 54.8. The van der Waals surface area contributed by atoms with Crippen molar-refractivity contribution in [2.75, 3.05) is 11.9 Å². The molecule has 23 heavy (non-hydrogen) atoms. The van der Waals surface area contributed by atoms with Gasteiger partial charge in [-0.15, -0.1) is 0 Å². The minimum atomic E-state index is -4.48. The Morgan fingerprint density at radius 1 is 1.26 bits per heavy atom. The summed E-state index contributed by atoms with van der Waals surface area (Å²) in [4.78, 5) is 10.9. The molecule has 0 radical (unpaired) electrons. The van der Waals surface area contributed by atoms with Crippen molar-refractivity contribution in [3.05, 3.63) is 24.0 Å². The maximum atomic E-state index is 13.3. The van der Waals surface area contributed by atoms with E-state index in [1.807, 2.05) is 0 Å². The first-order valence-electron chi connectivity index (χ1n) is 7.23. The highest BCUT2D eigenvalue weighted by Crippen LogP contribution is 2.32. The summed E-state index contributed by atoms with van der Waals surface area (Å²) in [5, 5.41) is 11.9. The first-order chi connectivity index (χ1) is 10.7. The maximum absolute atomic E-state index is 13.3. The van der Waals surface area contributed by atoms with Crippen LogP contribution in [0.15, 0.2) is 18.2 Å². The minimum absolute atomic E-state index is 0.0796. The van der Waals surface area contributed by atoms with Crippen LogP contribution in [-0.4, -0.2) is 29.9 Å². The molecule has 1 aromatic carbocycles. The molecule has 0 aliphatic heterocycles. The Kier molecular flexibility index (Phi) is 5.33. The fraction of sp³-hybridized carbons (Fsp3) is 0.533. The molecule has 128 valence electrons. The highest BCUT2D eigenvalue weighted by molar-refractivity contribution is 5.70. The molecule has 0 heterocycles. The molecule has 1 aliphatic rings. The number of anilines is 1. The number of hydrogen-bond acceptors (Lipinski definition) is 3. The number of nitrogens with one attached hydrogen (secondary N) is 1. The van der Waals surface area contributed by atoms with E-state index in [4.69, 9.17) is 9.84 Å². The summed E-state index contributed by atoms with van der Waals surface area (Å²) in [6.07, 6.45) is -2.44. The first kappa shape index (κ1) is 17.4. The second-order valence-corrected chi connectivity index (χ2v) is 5.58. The topological polar surface area (TPSA) is 58.6 Å². The molecule has 8 heteroatoms. The Hall–Kier alpha value is -1.99. The van der Waals surface area contributed by atoms with Gasteiger partial charge in [-0.2, -0.15) is 13.2 Å². The van der Waals surface area contributed by atoms with Crippen molar-refractivity contribution in [1.29, 1.82) is 0 Å². The van der Waals surface area contributed by atoms with Crippen molar-refractivity contribution in [2.24, 2.45) is 5.92 Å². The first-order valence-corrected chi connectivity index (χ1v) is 7.23. The molecule has 0 bridgehead atoms. The number of halogens is 4. The number of alkyl halides is 3. The van der Waals surface area contributed by atoms with E-state index in [0.29, 0.717) is 25.7 Å². The summed E-state index contributed by atoms with van der Waals surface area (Å²) in [7, 11) is 0. The van der Waals surface area contributed by atoms with E-state index in [0.717, 1.165) is 18.2 Å². The Labute approximate surface area is 130 Å². The predicted octanol–water partition coefficient (Wildman–Crippen LogP) is 3.82. The number of benzene rings is 1. The third-order valence-electron chi connectivity index (χ3n) is 3.77. The van der Waals surface area contributed by atoms with E-state index in [1.54, 1.807) is 0 Å². The zero-order valence-corrected chi connectivity index (χ0v) is 12.2. The maximum Gasteiger partial charge on any atom is 0.422 e. The summed E-state index contributed by atoms with van der Waals surface area (Å²) >= 11 is 0. The number of rotatable bonds is 5. The van der Waals surface area contributed by atoms with Crippen LogP contribution in [0.2, 0.25) is 0 Å². The molecule has 1 fully saturated rings. The lowest BCUT2D eigenvalue weighted by molar-refractivity contribution is -0.153. The SMILES string of the molecule is O=C(O)C1CCC(Nc2cc(F)ccc2OCC(F)(F)F)CC1. The van der Waals surface area contributed by atoms with Crippen molar-refractivity contribution in [1.82, 2.24) is 0 Å². The Morgan fingerprint density at radius 2 is 1.91 bits per heavy atom. The van der Waals surface area contributed by atoms with Gasteiger partial charge >= 0.3 is 12.1 Å². The molecule has 2 rings (SSSR count). The number of ether oxygens (including phenoxy) is 1. The second kappa shape index (κ2) is 7.06. The quantitative estimate of drug-likeness (QED) is 0.803. The van der Waals surface area contributed by atoms with Crippen LogP contribution in [-0.2, 0) is 4.79 Å². The van der Waals surface area contributed by atoms with Gasteiger partial charge in [0.1, 0.15) is 11.6 Å². The smallest absolute Gasteiger partial charge is 0.422 e. The number of carbonyl (C=O) groups is 1. The predicted molar refractivity (Wildman–Crippen MR) is 75.0 cm³/mol. The number of hydrogen-bond donors (Lipinski definition) is 2. The zero-order valence-electron chi connectivity index (χ0n) is 12.2. The van der Waals surface area contributed by atoms with Gasteiger partial charge in [0.05, 0.1) is 11.6 Å². The lowest BCUT2D eigenvalue weighted by Crippen LogP contribution is -2.29. The van der Waals surface area contributed by atoms with Crippen LogP contribution in [0.4, 0.5) is 23.2 Å². The molecule has 1 aliphatic carbocycles. The summed E-state index contributed by atoms with van der Waals surface area (Å²) in [6.45, 7) is -1.46. The van der Waals surface area contributed by atoms with Crippen LogP contribution >= 0.6 is 0 Å². The average molecular weight is 335 g/mol. The van der Waals surface area contributed by atoms with Gasteiger partial charge in [-0.1, -0.05) is 0 Å². The van der Waals surface area contributed by atoms with E-state index >= 15 is 0 Å². The van der Waals surface area contributed by atoms with E-state index in [2.05, 4.69) is 5.32 Å². The van der Waals surface area contributed by atoms with Crippen molar-refractivity contribution >= 4 is 11.7 Å². The van der Waals surface area contributed by atoms with Gasteiger partial charge in [0.25, 0.3) is 0 Å². The molecule has 0 aromatic heterocycles. The fourth-order valence-corrected chi connectivity index (χ4v) is 2.61. The van der Waals surface area contributed by atoms with Crippen molar-refractivity contribution in [2.45, 2.75) is 37.9 Å². The van der Waals surface area contributed by atoms with E-state index in [9.17, 15) is 22.4 Å². The van der Waals surface area contributed by atoms with Crippen molar-refractivity contribution in [3.63, 3.8) is 0 Å². The molecular formula is C15H17F4NO3. The lowest BCUT2D eigenvalue weighted by atomic mass is 9.86. The van der Waals surface area contributed by atoms with Crippen LogP contribution in [0, 0.1) is 11.7 Å². The standard InChI is InChI=1S/C15H17F4NO3/c16-10-3-6-13(23-8-15(17,18)19)12(7-10)20-11-4-1-9(2-5-11)14(21)22/h3,6-7,9,11,20H,1-2,4-5,8H2,(H,21,22).